The predicted octanol–water partition coefficient (Wildman–Crippen LogP) is 6.42. The summed E-state index contributed by atoms with van der Waals surface area (Å²) < 4.78 is 0. The van der Waals surface area contributed by atoms with Gasteiger partial charge in [-0.15, -0.1) is 0 Å². The van der Waals surface area contributed by atoms with Gasteiger partial charge in [0.25, 0.3) is 0 Å². The number of benzene rings is 2. The maximum Gasteiger partial charge on any atom is 0.119 e. The van der Waals surface area contributed by atoms with Gasteiger partial charge in [0.05, 0.1) is 0 Å². The number of aromatic hydroxyl groups is 1. The van der Waals surface area contributed by atoms with Crippen LogP contribution in [-0.2, 0) is 5.41 Å². The van der Waals surface area contributed by atoms with Crippen molar-refractivity contribution in [1.82, 2.24) is 0 Å². The number of aryl methyl sites for hydroxylation is 1. The van der Waals surface area contributed by atoms with Gasteiger partial charge in [-0.1, -0.05) is 42.8 Å². The highest BCUT2D eigenvalue weighted by Gasteiger charge is 2.48. The molecule has 0 heterocycles. The van der Waals surface area contributed by atoms with Crippen molar-refractivity contribution in [3.8, 4) is 5.75 Å². The molecule has 2 heteroatoms. The lowest BCUT2D eigenvalue weighted by Crippen LogP contribution is -2.42. The molecule has 2 aromatic rings. The first-order chi connectivity index (χ1) is 12.7. The zero-order valence-corrected chi connectivity index (χ0v) is 17.4. The van der Waals surface area contributed by atoms with Crippen LogP contribution in [0.3, 0.4) is 0 Å². The number of hydrogen-bond donors (Lipinski definition) is 2. The maximum absolute atomic E-state index is 10.7. The topological polar surface area (TPSA) is 40.5 Å². The maximum atomic E-state index is 10.7. The summed E-state index contributed by atoms with van der Waals surface area (Å²) in [6, 6.07) is 12.5. The Bertz CT molecular complexity index is 964. The quantitative estimate of drug-likeness (QED) is 0.647. The minimum absolute atomic E-state index is 0.0879. The molecule has 142 valence electrons. The summed E-state index contributed by atoms with van der Waals surface area (Å²) in [5, 5.41) is 21.1. The van der Waals surface area contributed by atoms with Gasteiger partial charge in [0, 0.05) is 5.41 Å². The molecule has 0 saturated carbocycles. The fraction of sp³-hybridized carbons (Fsp3) is 0.360. The van der Waals surface area contributed by atoms with E-state index in [0.29, 0.717) is 11.5 Å². The zero-order chi connectivity index (χ0) is 20.1. The van der Waals surface area contributed by atoms with Gasteiger partial charge in [-0.25, -0.2) is 0 Å². The molecular weight excluding hydrogens is 332 g/mol. The van der Waals surface area contributed by atoms with Crippen LogP contribution in [-0.4, -0.2) is 10.2 Å². The number of aliphatic hydroxyl groups is 1. The largest absolute Gasteiger partial charge is 0.508 e. The number of rotatable bonds is 2. The summed E-state index contributed by atoms with van der Waals surface area (Å²) in [6.07, 6.45) is 0. The minimum Gasteiger partial charge on any atom is -0.508 e. The lowest BCUT2D eigenvalue weighted by Gasteiger charge is -2.47. The predicted molar refractivity (Wildman–Crippen MR) is 112 cm³/mol. The van der Waals surface area contributed by atoms with Crippen molar-refractivity contribution in [3.63, 3.8) is 0 Å². The molecule has 0 aliphatic heterocycles. The van der Waals surface area contributed by atoms with Crippen molar-refractivity contribution >= 4 is 0 Å². The van der Waals surface area contributed by atoms with Crippen LogP contribution in [0.2, 0.25) is 0 Å². The molecule has 0 radical (unpaired) electrons. The SMILES string of the molecule is CC1=C(C)C(c2ccccc2)(c2c(C)cc(O)c(C)c2C)C(C)C(C)=C1O. The Morgan fingerprint density at radius 1 is 0.852 bits per heavy atom. The first-order valence-corrected chi connectivity index (χ1v) is 9.59. The average molecular weight is 363 g/mol. The van der Waals surface area contributed by atoms with Crippen molar-refractivity contribution < 1.29 is 10.2 Å². The summed E-state index contributed by atoms with van der Waals surface area (Å²) >= 11 is 0. The van der Waals surface area contributed by atoms with Gasteiger partial charge < -0.3 is 10.2 Å². The molecule has 2 nitrogen and oxygen atoms in total. The van der Waals surface area contributed by atoms with Gasteiger partial charge in [-0.05, 0) is 92.5 Å². The standard InChI is InChI=1S/C25H30O2/c1-14-13-22(26)15(2)16(3)23(14)25(21-11-9-8-10-12-21)19(6)17(4)24(27)18(5)20(25)7/h8-13,19,26-27H,1-7H3. The molecular formula is C25H30O2. The molecule has 0 bridgehead atoms. The Balaban J connectivity index is 2.54. The Labute approximate surface area is 162 Å². The summed E-state index contributed by atoms with van der Waals surface area (Å²) in [4.78, 5) is 0. The lowest BCUT2D eigenvalue weighted by molar-refractivity contribution is 0.355. The second-order valence-corrected chi connectivity index (χ2v) is 8.01. The highest BCUT2D eigenvalue weighted by Crippen LogP contribution is 2.55. The summed E-state index contributed by atoms with van der Waals surface area (Å²) in [7, 11) is 0. The van der Waals surface area contributed by atoms with Crippen molar-refractivity contribution in [2.45, 2.75) is 53.9 Å². The molecule has 27 heavy (non-hydrogen) atoms. The molecule has 0 aromatic heterocycles. The molecule has 2 atom stereocenters. The molecule has 2 aromatic carbocycles. The molecule has 0 saturated heterocycles. The Morgan fingerprint density at radius 2 is 1.44 bits per heavy atom. The van der Waals surface area contributed by atoms with E-state index >= 15 is 0 Å². The lowest BCUT2D eigenvalue weighted by atomic mass is 9.55. The highest BCUT2D eigenvalue weighted by molar-refractivity contribution is 5.63. The normalized spacial score (nSPS) is 23.1. The number of hydrogen-bond acceptors (Lipinski definition) is 2. The minimum atomic E-state index is -0.381. The van der Waals surface area contributed by atoms with Crippen molar-refractivity contribution in [2.75, 3.05) is 0 Å². The first-order valence-electron chi connectivity index (χ1n) is 9.59. The molecule has 1 aliphatic carbocycles. The van der Waals surface area contributed by atoms with Gasteiger partial charge >= 0.3 is 0 Å². The average Bonchev–Trinajstić information content (AvgIpc) is 2.66. The van der Waals surface area contributed by atoms with E-state index in [2.05, 4.69) is 52.0 Å². The molecule has 0 amide bonds. The smallest absolute Gasteiger partial charge is 0.119 e. The Kier molecular flexibility index (Phi) is 4.71. The molecule has 3 rings (SSSR count). The molecule has 2 unspecified atom stereocenters. The van der Waals surface area contributed by atoms with E-state index < -0.39 is 0 Å². The van der Waals surface area contributed by atoms with E-state index in [0.717, 1.165) is 27.8 Å². The first kappa shape index (κ1) is 19.3. The highest BCUT2D eigenvalue weighted by atomic mass is 16.3. The van der Waals surface area contributed by atoms with Crippen LogP contribution in [0, 0.1) is 26.7 Å². The van der Waals surface area contributed by atoms with Crippen molar-refractivity contribution in [2.24, 2.45) is 5.92 Å². The Morgan fingerprint density at radius 3 is 2.04 bits per heavy atom. The van der Waals surface area contributed by atoms with Crippen LogP contribution in [0.4, 0.5) is 0 Å². The van der Waals surface area contributed by atoms with E-state index in [9.17, 15) is 10.2 Å². The van der Waals surface area contributed by atoms with Crippen molar-refractivity contribution in [3.05, 3.63) is 86.7 Å². The van der Waals surface area contributed by atoms with Crippen LogP contribution in [0.5, 0.6) is 5.75 Å². The molecule has 1 aliphatic rings. The Hall–Kier alpha value is -2.48. The van der Waals surface area contributed by atoms with Crippen LogP contribution in [0.15, 0.2) is 58.9 Å². The van der Waals surface area contributed by atoms with Crippen LogP contribution in [0.25, 0.3) is 0 Å². The third-order valence-corrected chi connectivity index (χ3v) is 6.87. The van der Waals surface area contributed by atoms with E-state index in [-0.39, 0.29) is 11.3 Å². The second kappa shape index (κ2) is 6.60. The summed E-state index contributed by atoms with van der Waals surface area (Å²) in [5.41, 5.74) is 8.30. The number of phenolic OH excluding ortho intramolecular Hbond substituents is 1. The molecule has 0 spiro atoms. The van der Waals surface area contributed by atoms with Gasteiger partial charge in [0.2, 0.25) is 0 Å². The summed E-state index contributed by atoms with van der Waals surface area (Å²) in [6.45, 7) is 14.5. The number of allylic oxidation sites excluding steroid dienone is 3. The van der Waals surface area contributed by atoms with Gasteiger partial charge in [-0.3, -0.25) is 0 Å². The van der Waals surface area contributed by atoms with Crippen LogP contribution < -0.4 is 0 Å². The second-order valence-electron chi connectivity index (χ2n) is 8.01. The van der Waals surface area contributed by atoms with Gasteiger partial charge in [-0.2, -0.15) is 0 Å². The number of phenols is 1. The van der Waals surface area contributed by atoms with Crippen LogP contribution >= 0.6 is 0 Å². The van der Waals surface area contributed by atoms with E-state index in [1.54, 1.807) is 0 Å². The summed E-state index contributed by atoms with van der Waals surface area (Å²) in [5.74, 6) is 0.844. The van der Waals surface area contributed by atoms with Crippen LogP contribution in [0.1, 0.15) is 55.5 Å². The van der Waals surface area contributed by atoms with Crippen molar-refractivity contribution in [1.29, 1.82) is 0 Å². The molecule has 0 fully saturated rings. The van der Waals surface area contributed by atoms with Gasteiger partial charge in [0.1, 0.15) is 11.5 Å². The van der Waals surface area contributed by atoms with E-state index in [1.165, 1.54) is 16.7 Å². The zero-order valence-electron chi connectivity index (χ0n) is 17.4. The monoisotopic (exact) mass is 362 g/mol. The number of aliphatic hydroxyl groups excluding tert-OH is 1. The third-order valence-electron chi connectivity index (χ3n) is 6.87. The fourth-order valence-electron chi connectivity index (χ4n) is 5.01. The third kappa shape index (κ3) is 2.54. The van der Waals surface area contributed by atoms with E-state index in [1.807, 2.05) is 32.9 Å². The van der Waals surface area contributed by atoms with Gasteiger partial charge in [0.15, 0.2) is 0 Å². The fourth-order valence-corrected chi connectivity index (χ4v) is 5.01. The molecule has 2 N–H and O–H groups in total. The van der Waals surface area contributed by atoms with E-state index in [4.69, 9.17) is 0 Å².